The lowest BCUT2D eigenvalue weighted by Gasteiger charge is -2.06. The Morgan fingerprint density at radius 2 is 2.43 bits per heavy atom. The van der Waals surface area contributed by atoms with Crippen LogP contribution in [0.4, 0.5) is 0 Å². The van der Waals surface area contributed by atoms with Crippen LogP contribution >= 0.6 is 12.2 Å². The van der Waals surface area contributed by atoms with Crippen molar-refractivity contribution in [1.29, 1.82) is 0 Å². The molecule has 0 atom stereocenters. The summed E-state index contributed by atoms with van der Waals surface area (Å²) in [6.07, 6.45) is 3.43. The van der Waals surface area contributed by atoms with Crippen LogP contribution in [-0.4, -0.2) is 39.5 Å². The van der Waals surface area contributed by atoms with Gasteiger partial charge in [0.1, 0.15) is 4.99 Å². The summed E-state index contributed by atoms with van der Waals surface area (Å²) in [7, 11) is 0. The molecule has 0 aliphatic carbocycles. The van der Waals surface area contributed by atoms with Crippen molar-refractivity contribution in [3.05, 3.63) is 18.2 Å². The zero-order valence-corrected chi connectivity index (χ0v) is 8.54. The largest absolute Gasteiger partial charge is 0.394 e. The van der Waals surface area contributed by atoms with Crippen molar-refractivity contribution in [3.8, 4) is 0 Å². The molecule has 0 saturated carbocycles. The molecule has 5 nitrogen and oxygen atoms in total. The molecule has 0 radical (unpaired) electrons. The van der Waals surface area contributed by atoms with Gasteiger partial charge in [0.05, 0.1) is 19.8 Å². The molecular weight excluding hydrogens is 202 g/mol. The Balaban J connectivity index is 2.42. The zero-order chi connectivity index (χ0) is 10.4. The minimum atomic E-state index is 0.0338. The predicted octanol–water partition coefficient (Wildman–Crippen LogP) is -0.474. The number of thiocarbonyl (C=S) groups is 1. The second-order valence-corrected chi connectivity index (χ2v) is 3.08. The molecule has 0 bridgehead atoms. The Bertz CT molecular complexity index is 301. The van der Waals surface area contributed by atoms with Gasteiger partial charge in [-0.25, -0.2) is 4.98 Å². The highest BCUT2D eigenvalue weighted by molar-refractivity contribution is 7.80. The van der Waals surface area contributed by atoms with E-state index < -0.39 is 0 Å². The molecule has 6 heteroatoms. The fourth-order valence-electron chi connectivity index (χ4n) is 1.04. The molecule has 0 aliphatic heterocycles. The van der Waals surface area contributed by atoms with Crippen molar-refractivity contribution in [2.24, 2.45) is 5.73 Å². The van der Waals surface area contributed by atoms with Gasteiger partial charge in [0.2, 0.25) is 0 Å². The summed E-state index contributed by atoms with van der Waals surface area (Å²) in [6, 6.07) is 0. The monoisotopic (exact) mass is 215 g/mol. The number of hydrogen-bond acceptors (Lipinski definition) is 4. The molecule has 14 heavy (non-hydrogen) atoms. The van der Waals surface area contributed by atoms with Gasteiger partial charge in [0, 0.05) is 18.9 Å². The van der Waals surface area contributed by atoms with Gasteiger partial charge >= 0.3 is 0 Å². The normalized spacial score (nSPS) is 10.4. The molecule has 1 aromatic heterocycles. The number of nitrogens with two attached hydrogens (primary N) is 1. The van der Waals surface area contributed by atoms with Crippen LogP contribution in [-0.2, 0) is 11.3 Å². The van der Waals surface area contributed by atoms with Gasteiger partial charge in [0.15, 0.2) is 5.82 Å². The molecule has 3 N–H and O–H groups in total. The van der Waals surface area contributed by atoms with Gasteiger partial charge in [0.25, 0.3) is 0 Å². The molecular formula is C8H13N3O2S. The Hall–Kier alpha value is -0.980. The van der Waals surface area contributed by atoms with Crippen LogP contribution in [0.3, 0.4) is 0 Å². The zero-order valence-electron chi connectivity index (χ0n) is 7.72. The molecule has 1 heterocycles. The van der Waals surface area contributed by atoms with Gasteiger partial charge in [-0.1, -0.05) is 12.2 Å². The van der Waals surface area contributed by atoms with E-state index in [0.717, 1.165) is 0 Å². The number of aliphatic hydroxyl groups excluding tert-OH is 1. The standard InChI is InChI=1S/C8H13N3O2S/c9-7(14)8-10-1-2-11(8)3-5-13-6-4-12/h1-2,12H,3-6H2,(H2,9,14). The molecule has 0 unspecified atom stereocenters. The van der Waals surface area contributed by atoms with Gasteiger partial charge < -0.3 is 20.1 Å². The van der Waals surface area contributed by atoms with Crippen molar-refractivity contribution >= 4 is 17.2 Å². The smallest absolute Gasteiger partial charge is 0.167 e. The lowest BCUT2D eigenvalue weighted by molar-refractivity contribution is 0.0869. The molecule has 0 spiro atoms. The SMILES string of the molecule is NC(=S)c1nccn1CCOCCO. The van der Waals surface area contributed by atoms with Crippen LogP contribution in [0.2, 0.25) is 0 Å². The van der Waals surface area contributed by atoms with Crippen LogP contribution in [0.1, 0.15) is 5.82 Å². The third-order valence-electron chi connectivity index (χ3n) is 1.65. The van der Waals surface area contributed by atoms with Crippen LogP contribution < -0.4 is 5.73 Å². The summed E-state index contributed by atoms with van der Waals surface area (Å²) >= 11 is 4.82. The minimum Gasteiger partial charge on any atom is -0.394 e. The quantitative estimate of drug-likeness (QED) is 0.495. The number of hydrogen-bond donors (Lipinski definition) is 2. The average Bonchev–Trinajstić information content (AvgIpc) is 2.60. The summed E-state index contributed by atoms with van der Waals surface area (Å²) in [4.78, 5) is 4.28. The molecule has 0 amide bonds. The second-order valence-electron chi connectivity index (χ2n) is 2.64. The van der Waals surface area contributed by atoms with Crippen LogP contribution in [0.5, 0.6) is 0 Å². The number of imidazole rings is 1. The molecule has 0 fully saturated rings. The molecule has 1 aromatic rings. The maximum Gasteiger partial charge on any atom is 0.167 e. The van der Waals surface area contributed by atoms with Gasteiger partial charge in [-0.15, -0.1) is 0 Å². The maximum atomic E-state index is 8.48. The molecule has 0 saturated heterocycles. The second kappa shape index (κ2) is 5.69. The van der Waals surface area contributed by atoms with E-state index in [0.29, 0.717) is 25.6 Å². The highest BCUT2D eigenvalue weighted by Crippen LogP contribution is 1.97. The van der Waals surface area contributed by atoms with E-state index in [2.05, 4.69) is 4.98 Å². The maximum absolute atomic E-state index is 8.48. The van der Waals surface area contributed by atoms with Crippen LogP contribution in [0.15, 0.2) is 12.4 Å². The summed E-state index contributed by atoms with van der Waals surface area (Å²) in [5.74, 6) is 0.590. The summed E-state index contributed by atoms with van der Waals surface area (Å²) < 4.78 is 6.93. The van der Waals surface area contributed by atoms with Gasteiger partial charge in [-0.3, -0.25) is 0 Å². The summed E-state index contributed by atoms with van der Waals surface area (Å²) in [6.45, 7) is 1.52. The first-order valence-corrected chi connectivity index (χ1v) is 4.66. The van der Waals surface area contributed by atoms with Crippen molar-refractivity contribution in [2.45, 2.75) is 6.54 Å². The van der Waals surface area contributed by atoms with E-state index in [9.17, 15) is 0 Å². The molecule has 78 valence electrons. The van der Waals surface area contributed by atoms with Gasteiger partial charge in [-0.05, 0) is 0 Å². The van der Waals surface area contributed by atoms with Crippen molar-refractivity contribution in [2.75, 3.05) is 19.8 Å². The number of ether oxygens (including phenoxy) is 1. The number of rotatable bonds is 6. The first kappa shape index (κ1) is 11.1. The highest BCUT2D eigenvalue weighted by Gasteiger charge is 2.04. The number of aliphatic hydroxyl groups is 1. The first-order valence-electron chi connectivity index (χ1n) is 4.25. The molecule has 1 rings (SSSR count). The fraction of sp³-hybridized carbons (Fsp3) is 0.500. The molecule has 0 aromatic carbocycles. The third kappa shape index (κ3) is 3.06. The van der Waals surface area contributed by atoms with E-state index in [-0.39, 0.29) is 11.6 Å². The Kier molecular flexibility index (Phi) is 4.51. The lowest BCUT2D eigenvalue weighted by atomic mass is 10.5. The minimum absolute atomic E-state index is 0.0338. The Morgan fingerprint density at radius 1 is 1.64 bits per heavy atom. The average molecular weight is 215 g/mol. The highest BCUT2D eigenvalue weighted by atomic mass is 32.1. The lowest BCUT2D eigenvalue weighted by Crippen LogP contribution is -2.18. The Labute approximate surface area is 87.5 Å². The van der Waals surface area contributed by atoms with Crippen LogP contribution in [0.25, 0.3) is 0 Å². The van der Waals surface area contributed by atoms with Gasteiger partial charge in [-0.2, -0.15) is 0 Å². The van der Waals surface area contributed by atoms with E-state index >= 15 is 0 Å². The van der Waals surface area contributed by atoms with Crippen molar-refractivity contribution in [1.82, 2.24) is 9.55 Å². The third-order valence-corrected chi connectivity index (χ3v) is 1.83. The first-order chi connectivity index (χ1) is 6.75. The molecule has 0 aliphatic rings. The number of aromatic nitrogens is 2. The van der Waals surface area contributed by atoms with E-state index in [4.69, 9.17) is 27.8 Å². The Morgan fingerprint density at radius 3 is 3.07 bits per heavy atom. The topological polar surface area (TPSA) is 73.3 Å². The van der Waals surface area contributed by atoms with E-state index in [1.165, 1.54) is 0 Å². The van der Waals surface area contributed by atoms with Crippen molar-refractivity contribution < 1.29 is 9.84 Å². The van der Waals surface area contributed by atoms with Crippen LogP contribution in [0, 0.1) is 0 Å². The van der Waals surface area contributed by atoms with E-state index in [1.54, 1.807) is 12.4 Å². The summed E-state index contributed by atoms with van der Waals surface area (Å²) in [5, 5.41) is 8.48. The summed E-state index contributed by atoms with van der Waals surface area (Å²) in [5.41, 5.74) is 5.46. The van der Waals surface area contributed by atoms with Crippen molar-refractivity contribution in [3.63, 3.8) is 0 Å². The van der Waals surface area contributed by atoms with E-state index in [1.807, 2.05) is 4.57 Å². The predicted molar refractivity (Wildman–Crippen MR) is 56.0 cm³/mol. The fourth-order valence-corrected chi connectivity index (χ4v) is 1.21. The number of nitrogens with zero attached hydrogens (tertiary/aromatic N) is 2.